The monoisotopic (exact) mass is 309 g/mol. The van der Waals surface area contributed by atoms with Gasteiger partial charge in [-0.25, -0.2) is 0 Å². The number of hydrogen-bond donors (Lipinski definition) is 1. The Kier molecular flexibility index (Phi) is 5.19. The SMILES string of the molecule is C[Si](C)(COc1ccccc1N)C(Cl)=C(Cl)Cl. The van der Waals surface area contributed by atoms with Crippen LogP contribution in [0, 0.1) is 0 Å². The molecule has 1 aromatic carbocycles. The van der Waals surface area contributed by atoms with Gasteiger partial charge in [0.05, 0.1) is 11.9 Å². The molecule has 6 heteroatoms. The summed E-state index contributed by atoms with van der Waals surface area (Å²) in [7, 11) is -1.97. The Labute approximate surface area is 117 Å². The summed E-state index contributed by atoms with van der Waals surface area (Å²) in [5.74, 6) is 0.656. The van der Waals surface area contributed by atoms with Crippen LogP contribution in [0.25, 0.3) is 0 Å². The standard InChI is InChI=1S/C11H14Cl3NOSi/c1-17(2,11(14)10(12)13)7-16-9-6-4-3-5-8(9)15/h3-6H,7,15H2,1-2H3. The van der Waals surface area contributed by atoms with Gasteiger partial charge in [0.1, 0.15) is 18.3 Å². The molecular weight excluding hydrogens is 297 g/mol. The Morgan fingerprint density at radius 3 is 2.35 bits per heavy atom. The van der Waals surface area contributed by atoms with Crippen LogP contribution in [-0.2, 0) is 0 Å². The highest BCUT2D eigenvalue weighted by Gasteiger charge is 2.29. The van der Waals surface area contributed by atoms with Crippen LogP contribution in [0.3, 0.4) is 0 Å². The lowest BCUT2D eigenvalue weighted by Gasteiger charge is -2.22. The lowest BCUT2D eigenvalue weighted by Crippen LogP contribution is -2.36. The second-order valence-corrected chi connectivity index (χ2v) is 10.5. The molecule has 0 bridgehead atoms. The van der Waals surface area contributed by atoms with Gasteiger partial charge in [0, 0.05) is 4.66 Å². The molecule has 1 aromatic rings. The summed E-state index contributed by atoms with van der Waals surface area (Å²) in [6.45, 7) is 4.05. The van der Waals surface area contributed by atoms with Gasteiger partial charge in [0.15, 0.2) is 0 Å². The molecule has 0 saturated carbocycles. The Morgan fingerprint density at radius 1 is 1.24 bits per heavy atom. The third-order valence-electron chi connectivity index (χ3n) is 2.27. The van der Waals surface area contributed by atoms with Crippen LogP contribution in [0.4, 0.5) is 5.69 Å². The summed E-state index contributed by atoms with van der Waals surface area (Å²) in [6, 6.07) is 7.33. The van der Waals surface area contributed by atoms with E-state index in [0.717, 1.165) is 0 Å². The fourth-order valence-corrected chi connectivity index (χ4v) is 4.04. The maximum atomic E-state index is 6.08. The van der Waals surface area contributed by atoms with Crippen LogP contribution in [0.5, 0.6) is 5.75 Å². The molecular formula is C11H14Cl3NOSi. The number of rotatable bonds is 4. The van der Waals surface area contributed by atoms with Gasteiger partial charge in [-0.2, -0.15) is 0 Å². The van der Waals surface area contributed by atoms with Crippen molar-refractivity contribution in [3.8, 4) is 5.75 Å². The number of para-hydroxylation sites is 2. The first-order valence-electron chi connectivity index (χ1n) is 5.03. The van der Waals surface area contributed by atoms with Crippen LogP contribution in [-0.4, -0.2) is 14.3 Å². The third kappa shape index (κ3) is 4.10. The van der Waals surface area contributed by atoms with E-state index in [-0.39, 0.29) is 4.49 Å². The van der Waals surface area contributed by atoms with Gasteiger partial charge in [-0.3, -0.25) is 0 Å². The molecule has 0 unspecified atom stereocenters. The summed E-state index contributed by atoms with van der Waals surface area (Å²) >= 11 is 17.5. The zero-order valence-corrected chi connectivity index (χ0v) is 12.9. The number of hydrogen-bond acceptors (Lipinski definition) is 2. The summed E-state index contributed by atoms with van der Waals surface area (Å²) in [5.41, 5.74) is 6.39. The van der Waals surface area contributed by atoms with E-state index in [9.17, 15) is 0 Å². The largest absolute Gasteiger partial charge is 0.495 e. The van der Waals surface area contributed by atoms with Crippen LogP contribution in [0.2, 0.25) is 13.1 Å². The van der Waals surface area contributed by atoms with Gasteiger partial charge < -0.3 is 10.5 Å². The van der Waals surface area contributed by atoms with Crippen molar-refractivity contribution in [1.82, 2.24) is 0 Å². The van der Waals surface area contributed by atoms with Crippen molar-refractivity contribution in [2.45, 2.75) is 13.1 Å². The lowest BCUT2D eigenvalue weighted by atomic mass is 10.3. The summed E-state index contributed by atoms with van der Waals surface area (Å²) in [4.78, 5) is 0. The number of nitrogen functional groups attached to an aromatic ring is 1. The summed E-state index contributed by atoms with van der Waals surface area (Å²) < 4.78 is 6.30. The summed E-state index contributed by atoms with van der Waals surface area (Å²) in [5, 5.41) is 0. The van der Waals surface area contributed by atoms with Crippen molar-refractivity contribution in [2.75, 3.05) is 12.0 Å². The minimum absolute atomic E-state index is 0.118. The van der Waals surface area contributed by atoms with Crippen molar-refractivity contribution in [1.29, 1.82) is 0 Å². The topological polar surface area (TPSA) is 35.2 Å². The molecule has 2 nitrogen and oxygen atoms in total. The van der Waals surface area contributed by atoms with Crippen molar-refractivity contribution < 1.29 is 4.74 Å². The van der Waals surface area contributed by atoms with E-state index in [1.807, 2.05) is 31.3 Å². The third-order valence-corrected chi connectivity index (χ3v) is 7.18. The van der Waals surface area contributed by atoms with Crippen LogP contribution in [0.15, 0.2) is 33.4 Å². The highest BCUT2D eigenvalue weighted by atomic mass is 35.5. The number of benzene rings is 1. The molecule has 0 atom stereocenters. The molecule has 0 amide bonds. The smallest absolute Gasteiger partial charge is 0.141 e. The normalized spacial score (nSPS) is 11.1. The maximum Gasteiger partial charge on any atom is 0.141 e. The van der Waals surface area contributed by atoms with Gasteiger partial charge in [-0.1, -0.05) is 60.0 Å². The number of anilines is 1. The fraction of sp³-hybridized carbons (Fsp3) is 0.273. The van der Waals surface area contributed by atoms with Gasteiger partial charge in [0.25, 0.3) is 0 Å². The maximum absolute atomic E-state index is 6.08. The predicted molar refractivity (Wildman–Crippen MR) is 78.4 cm³/mol. The first-order chi connectivity index (χ1) is 7.84. The van der Waals surface area contributed by atoms with Crippen LogP contribution < -0.4 is 10.5 Å². The Bertz CT molecular complexity index is 430. The highest BCUT2D eigenvalue weighted by Crippen LogP contribution is 2.29. The minimum Gasteiger partial charge on any atom is -0.495 e. The molecule has 0 aliphatic rings. The van der Waals surface area contributed by atoms with Crippen molar-refractivity contribution in [3.05, 3.63) is 33.4 Å². The number of halogens is 3. The van der Waals surface area contributed by atoms with E-state index >= 15 is 0 Å². The predicted octanol–water partition coefficient (Wildman–Crippen LogP) is 4.32. The van der Waals surface area contributed by atoms with E-state index in [1.54, 1.807) is 6.07 Å². The average Bonchev–Trinajstić information content (AvgIpc) is 2.27. The average molecular weight is 311 g/mol. The van der Waals surface area contributed by atoms with E-state index in [2.05, 4.69) is 0 Å². The first kappa shape index (κ1) is 14.7. The van der Waals surface area contributed by atoms with E-state index in [0.29, 0.717) is 22.3 Å². The van der Waals surface area contributed by atoms with Crippen LogP contribution in [0.1, 0.15) is 0 Å². The van der Waals surface area contributed by atoms with E-state index < -0.39 is 8.07 Å². The van der Waals surface area contributed by atoms with Crippen molar-refractivity contribution in [2.24, 2.45) is 0 Å². The Balaban J connectivity index is 2.75. The zero-order chi connectivity index (χ0) is 13.1. The molecule has 17 heavy (non-hydrogen) atoms. The first-order valence-corrected chi connectivity index (χ1v) is 9.37. The molecule has 94 valence electrons. The summed E-state index contributed by atoms with van der Waals surface area (Å²) in [6.07, 6.45) is 0.475. The fourth-order valence-electron chi connectivity index (χ4n) is 1.19. The van der Waals surface area contributed by atoms with Gasteiger partial charge in [-0.15, -0.1) is 0 Å². The molecule has 2 N–H and O–H groups in total. The second kappa shape index (κ2) is 6.00. The molecule has 1 rings (SSSR count). The Morgan fingerprint density at radius 2 is 1.82 bits per heavy atom. The number of ether oxygens (including phenoxy) is 1. The lowest BCUT2D eigenvalue weighted by molar-refractivity contribution is 0.381. The van der Waals surface area contributed by atoms with Crippen molar-refractivity contribution in [3.63, 3.8) is 0 Å². The molecule has 0 spiro atoms. The molecule has 0 heterocycles. The van der Waals surface area contributed by atoms with Crippen molar-refractivity contribution >= 4 is 48.6 Å². The molecule has 0 fully saturated rings. The highest BCUT2D eigenvalue weighted by molar-refractivity contribution is 6.94. The van der Waals surface area contributed by atoms with Crippen LogP contribution >= 0.6 is 34.8 Å². The Hall–Kier alpha value is -0.353. The molecule has 0 aromatic heterocycles. The van der Waals surface area contributed by atoms with Gasteiger partial charge in [0.2, 0.25) is 0 Å². The second-order valence-electron chi connectivity index (χ2n) is 4.28. The molecule has 0 aliphatic carbocycles. The minimum atomic E-state index is -1.97. The van der Waals surface area contributed by atoms with Gasteiger partial charge in [-0.05, 0) is 12.1 Å². The van der Waals surface area contributed by atoms with E-state index in [1.165, 1.54) is 0 Å². The molecule has 0 radical (unpaired) electrons. The number of nitrogens with two attached hydrogens (primary N) is 1. The molecule has 0 aliphatic heterocycles. The van der Waals surface area contributed by atoms with Gasteiger partial charge >= 0.3 is 0 Å². The molecule has 0 saturated heterocycles. The quantitative estimate of drug-likeness (QED) is 0.664. The zero-order valence-electron chi connectivity index (χ0n) is 9.64. The van der Waals surface area contributed by atoms with E-state index in [4.69, 9.17) is 45.3 Å².